The Balaban J connectivity index is 0.869. The number of aliphatic hydroxyl groups excluding tert-OH is 6. The average Bonchev–Trinajstić information content (AvgIpc) is 0.903. The summed E-state index contributed by atoms with van der Waals surface area (Å²) in [6, 6.07) is 0.746. The molecule has 9 aliphatic heterocycles. The minimum atomic E-state index is -2.44. The lowest BCUT2D eigenvalue weighted by atomic mass is 9.86. The summed E-state index contributed by atoms with van der Waals surface area (Å²) in [5.41, 5.74) is 13.5. The molecule has 3 saturated heterocycles. The van der Waals surface area contributed by atoms with Gasteiger partial charge in [0.05, 0.1) is 41.3 Å². The van der Waals surface area contributed by atoms with Crippen LogP contribution in [0.4, 0.5) is 5.13 Å². The lowest BCUT2D eigenvalue weighted by molar-refractivity contribution is -0.689. The first-order valence-electron chi connectivity index (χ1n) is 41.8. The second-order valence-corrected chi connectivity index (χ2v) is 36.9. The summed E-state index contributed by atoms with van der Waals surface area (Å²) in [7, 11) is 2.63. The molecule has 20 atom stereocenters. The monoisotopic (exact) mass is 1970 g/mol. The number of aliphatic hydroxyl groups is 6. The minimum Gasteiger partial charge on any atom is -0.508 e. The molecule has 44 nitrogen and oxygen atoms in total. The van der Waals surface area contributed by atoms with Gasteiger partial charge in [0.1, 0.15) is 130 Å². The van der Waals surface area contributed by atoms with Crippen molar-refractivity contribution in [3.8, 4) is 57.1 Å². The second-order valence-electron chi connectivity index (χ2n) is 33.4. The minimum absolute atomic E-state index is 0.00697. The number of pyridine rings is 1. The zero-order chi connectivity index (χ0) is 97.5. The highest BCUT2D eigenvalue weighted by Crippen LogP contribution is 2.51. The first kappa shape index (κ1) is 98.6. The first-order chi connectivity index (χ1) is 64.0. The number of nitrogens with one attached hydrogen (secondary N) is 9. The lowest BCUT2D eigenvalue weighted by Crippen LogP contribution is -2.71. The van der Waals surface area contributed by atoms with Crippen molar-refractivity contribution >= 4 is 134 Å². The molecule has 16 rings (SSSR count). The quantitative estimate of drug-likeness (QED) is 0.0185. The Morgan fingerprint density at radius 1 is 0.756 bits per heavy atom. The number of primary amides is 1. The topological polar surface area (TPSA) is 673 Å². The van der Waals surface area contributed by atoms with Crippen LogP contribution in [-0.2, 0) is 84.9 Å². The molecular formula is C86H94Cl3N16O28S2+. The maximum atomic E-state index is 16.6. The van der Waals surface area contributed by atoms with E-state index in [0.717, 1.165) is 102 Å². The van der Waals surface area contributed by atoms with Crippen LogP contribution in [0.2, 0.25) is 14.4 Å². The van der Waals surface area contributed by atoms with Gasteiger partial charge < -0.3 is 149 Å². The van der Waals surface area contributed by atoms with Gasteiger partial charge in [0.25, 0.3) is 11.8 Å². The number of β-lactam (4-membered cyclic amide) rings is 1. The number of likely N-dealkylation sites (N-methyl/N-ethyl adjacent to an activating group) is 1. The number of anilines is 1. The standard InChI is InChI=1S/C86H93Cl3N16O28S2/c1-31(2)17-45(93-5)73(116)99-61-65(111)34-7-11-48(43(87)18-34)129-50-20-36-21-51(69(50)133-84-70(68(114)67(113)52(29-106)131-84)132-54-26-86(4,92)71(115)32(3)128-54)130-49-12-8-35(19-44(49)88)66(112)62-80(123)98-58(42-23-39(108)24-47(109)55(42)41-22-38(107)9-10-40(41)57(77(120)100-62)97-76(119)56(36)96-74(117)46(25-53(90)110)95-79(61)122)75(118)94-27-33-13-15-104(16-14-33)28-37-30-134-82-63(81(124)105(82)64(37)83(125)126)101-78(121)60(103-127-6)59-72(89)135-85(91)102-59/h7-16,18-24,31-32,45-46,52,54,56-58,61-63,65-68,70-71,82,84,93,106,111-115H,17,25-30,92H2,1-6H3,(H15-,90,91,94,95,96,97,98,99,100,101,102,107,108,109,110,116,117,118,119,120,121,122,123,125,126)/p+1/b103-60+. The second kappa shape index (κ2) is 40.7. The first-order valence-corrected chi connectivity index (χ1v) is 44.8. The van der Waals surface area contributed by atoms with Crippen molar-refractivity contribution in [2.24, 2.45) is 22.5 Å². The van der Waals surface area contributed by atoms with Crippen LogP contribution in [-0.4, -0.2) is 249 Å². The summed E-state index contributed by atoms with van der Waals surface area (Å²) < 4.78 is 40.3. The van der Waals surface area contributed by atoms with Crippen LogP contribution < -0.4 is 83.8 Å². The van der Waals surface area contributed by atoms with Gasteiger partial charge in [-0.3, -0.25) is 52.8 Å². The smallest absolute Gasteiger partial charge is 0.352 e. The van der Waals surface area contributed by atoms with Gasteiger partial charge in [0, 0.05) is 53.6 Å². The summed E-state index contributed by atoms with van der Waals surface area (Å²) in [5, 5.41) is 142. The number of benzene rings is 5. The molecule has 49 heteroatoms. The fourth-order valence-electron chi connectivity index (χ4n) is 16.6. The number of amides is 10. The highest BCUT2D eigenvalue weighted by molar-refractivity contribution is 8.00. The van der Waals surface area contributed by atoms with Crippen molar-refractivity contribution in [3.63, 3.8) is 0 Å². The molecule has 9 aliphatic rings. The molecular weight excluding hydrogens is 1880 g/mol. The molecule has 9 bridgehead atoms. The fourth-order valence-corrected chi connectivity index (χ4v) is 19.3. The zero-order valence-corrected chi connectivity index (χ0v) is 76.0. The number of aromatic hydroxyl groups is 3. The van der Waals surface area contributed by atoms with Crippen LogP contribution in [0.5, 0.6) is 46.0 Å². The van der Waals surface area contributed by atoms with Gasteiger partial charge in [-0.1, -0.05) is 83.3 Å². The summed E-state index contributed by atoms with van der Waals surface area (Å²) in [4.78, 5) is 173. The molecule has 0 aliphatic carbocycles. The number of thiazole rings is 1. The van der Waals surface area contributed by atoms with Gasteiger partial charge in [0.15, 0.2) is 53.7 Å². The number of rotatable bonds is 22. The number of carboxylic acid groups (broad SMARTS) is 1. The van der Waals surface area contributed by atoms with E-state index in [0.29, 0.717) is 5.56 Å². The predicted molar refractivity (Wildman–Crippen MR) is 475 cm³/mol. The summed E-state index contributed by atoms with van der Waals surface area (Å²) >= 11 is 22.7. The molecule has 11 heterocycles. The van der Waals surface area contributed by atoms with Gasteiger partial charge in [0.2, 0.25) is 59.3 Å². The van der Waals surface area contributed by atoms with Crippen LogP contribution >= 0.6 is 57.9 Å². The lowest BCUT2D eigenvalue weighted by Gasteiger charge is -2.49. The third-order valence-corrected chi connectivity index (χ3v) is 26.4. The summed E-state index contributed by atoms with van der Waals surface area (Å²) in [6.07, 6.45) is -16.1. The molecule has 0 radical (unpaired) electrons. The van der Waals surface area contributed by atoms with Crippen LogP contribution in [0.15, 0.2) is 120 Å². The number of hydrogen-bond donors (Lipinski definition) is 22. The van der Waals surface area contributed by atoms with E-state index in [1.807, 2.05) is 0 Å². The van der Waals surface area contributed by atoms with E-state index in [4.69, 9.17) is 85.3 Å². The van der Waals surface area contributed by atoms with Crippen LogP contribution in [0.1, 0.15) is 116 Å². The molecule has 135 heavy (non-hydrogen) atoms. The average molecular weight is 1970 g/mol. The van der Waals surface area contributed by atoms with E-state index in [9.17, 15) is 75.0 Å². The molecule has 3 fully saturated rings. The number of hydrogen-bond acceptors (Lipinski definition) is 34. The Hall–Kier alpha value is -12.4. The molecule has 7 aromatic rings. The Labute approximate surface area is 789 Å². The van der Waals surface area contributed by atoms with Crippen molar-refractivity contribution in [2.75, 3.05) is 32.3 Å². The van der Waals surface area contributed by atoms with Crippen molar-refractivity contribution in [1.82, 2.24) is 57.7 Å². The Bertz CT molecular complexity index is 5940. The Morgan fingerprint density at radius 3 is 2.02 bits per heavy atom. The SMILES string of the molecule is CNC(CC(C)C)C(=O)NC1C(=O)NC(CC(N)=O)C(=O)NC2C(=O)NC3C(=O)NC(C(=O)NC(C(=O)NCc4cc[n+](CC5=C(C(=O)O)N6C(=O)C(NC(=O)/C(=N/OC)c7nc(N)sc7Cl)C6SC5)cc4)c4cc(O)cc(O)c4-c4cc(O)ccc43)C(O)c3ccc(c(Cl)c3)Oc3cc2cc(c3OC2OC(CO)C(O)C(O)C2OC2CC(C)(N)C(O)C(C)O2)Oc2ccc(cc2Cl)C1O. The molecule has 10 amide bonds. The number of phenols is 3. The Morgan fingerprint density at radius 2 is 1.41 bits per heavy atom. The number of halogens is 3. The number of ether oxygens (including phenoxy) is 6. The summed E-state index contributed by atoms with van der Waals surface area (Å²) in [6.45, 7) is 5.06. The Kier molecular flexibility index (Phi) is 29.7. The largest absolute Gasteiger partial charge is 0.508 e. The van der Waals surface area contributed by atoms with Gasteiger partial charge >= 0.3 is 5.97 Å². The number of thioether (sulfide) groups is 1. The molecule has 2 aromatic heterocycles. The van der Waals surface area contributed by atoms with Gasteiger partial charge in [-0.25, -0.2) is 14.3 Å². The number of nitrogens with zero attached hydrogens (tertiary/aromatic N) is 4. The van der Waals surface area contributed by atoms with Crippen LogP contribution in [0, 0.1) is 5.92 Å². The molecule has 0 saturated carbocycles. The third-order valence-electron chi connectivity index (χ3n) is 23.3. The normalized spacial score (nSPS) is 27.2. The maximum absolute atomic E-state index is 16.6. The number of carboxylic acids is 1. The van der Waals surface area contributed by atoms with Gasteiger partial charge in [-0.2, -0.15) is 0 Å². The van der Waals surface area contributed by atoms with E-state index < -0.39 is 289 Å². The fraction of sp³-hybridized carbons (Fsp3) is 0.395. The number of oxime groups is 1. The van der Waals surface area contributed by atoms with Crippen LogP contribution in [0.25, 0.3) is 11.1 Å². The molecule has 0 spiro atoms. The van der Waals surface area contributed by atoms with Crippen molar-refractivity contribution in [3.05, 3.63) is 168 Å². The third kappa shape index (κ3) is 20.9. The van der Waals surface area contributed by atoms with E-state index >= 15 is 28.8 Å². The number of fused-ring (bicyclic) bond motifs is 15. The number of aromatic nitrogens is 2. The van der Waals surface area contributed by atoms with Gasteiger partial charge in [-0.15, -0.1) is 11.8 Å². The highest BCUT2D eigenvalue weighted by atomic mass is 35.5. The van der Waals surface area contributed by atoms with Crippen LogP contribution in [0.3, 0.4) is 0 Å². The van der Waals surface area contributed by atoms with Crippen molar-refractivity contribution < 1.29 is 142 Å². The summed E-state index contributed by atoms with van der Waals surface area (Å²) in [5.74, 6) is -18.8. The maximum Gasteiger partial charge on any atom is 0.352 e. The number of carbonyl (C=O) groups is 11. The van der Waals surface area contributed by atoms with Crippen molar-refractivity contribution in [1.29, 1.82) is 0 Å². The highest BCUT2D eigenvalue weighted by Gasteiger charge is 2.56. The molecule has 20 unspecified atom stereocenters. The zero-order valence-electron chi connectivity index (χ0n) is 72.1. The van der Waals surface area contributed by atoms with E-state index in [-0.39, 0.29) is 74.4 Å². The van der Waals surface area contributed by atoms with Gasteiger partial charge in [-0.05, 0) is 127 Å². The van der Waals surface area contributed by atoms with Crippen molar-refractivity contribution in [2.45, 2.75) is 181 Å². The van der Waals surface area contributed by atoms with E-state index in [1.165, 1.54) is 57.6 Å². The number of phenolic OH excluding ortho intramolecular Hbond substituents is 3. The number of nitrogens with two attached hydrogens (primary N) is 3. The van der Waals surface area contributed by atoms with E-state index in [2.05, 4.69) is 58.0 Å². The number of carbonyl (C=O) groups excluding carboxylic acids is 10. The predicted octanol–water partition coefficient (Wildman–Crippen LogP) is 0.107. The molecule has 5 aromatic carbocycles. The molecule has 718 valence electrons. The van der Waals surface area contributed by atoms with E-state index in [1.54, 1.807) is 18.4 Å². The molecule has 25 N–H and O–H groups in total. The number of aliphatic carboxylic acids is 1. The number of nitrogen functional groups attached to an aromatic ring is 1.